The van der Waals surface area contributed by atoms with Crippen LogP contribution in [0.4, 0.5) is 0 Å². The Bertz CT molecular complexity index is 309. The van der Waals surface area contributed by atoms with Crippen molar-refractivity contribution in [2.75, 3.05) is 0 Å². The zero-order chi connectivity index (χ0) is 8.43. The molecule has 0 aromatic carbocycles. The molecule has 0 radical (unpaired) electrons. The lowest BCUT2D eigenvalue weighted by molar-refractivity contribution is -0.130. The summed E-state index contributed by atoms with van der Waals surface area (Å²) in [6.07, 6.45) is 0. The van der Waals surface area contributed by atoms with Gasteiger partial charge in [0, 0.05) is 11.5 Å². The maximum absolute atomic E-state index is 10.3. The number of aliphatic carboxylic acids is 1. The Kier molecular flexibility index (Phi) is 2.21. The lowest BCUT2D eigenvalue weighted by atomic mass is 10.2. The highest BCUT2D eigenvalue weighted by Crippen LogP contribution is 2.23. The number of carboxylic acid groups (broad SMARTS) is 1. The predicted molar refractivity (Wildman–Crippen MR) is 41.6 cm³/mol. The molecule has 0 amide bonds. The minimum Gasteiger partial charge on any atom is -0.478 e. The van der Waals surface area contributed by atoms with Crippen LogP contribution in [-0.2, 0) is 4.79 Å². The lowest BCUT2D eigenvalue weighted by Gasteiger charge is -1.91. The third kappa shape index (κ3) is 1.55. The fraction of sp³-hybridized carbons (Fsp3) is 0. The number of rotatable bonds is 2. The van der Waals surface area contributed by atoms with Crippen molar-refractivity contribution in [3.8, 4) is 0 Å². The van der Waals surface area contributed by atoms with Crippen LogP contribution in [0.5, 0.6) is 0 Å². The summed E-state index contributed by atoms with van der Waals surface area (Å²) in [6, 6.07) is 0. The van der Waals surface area contributed by atoms with Gasteiger partial charge in [-0.25, -0.2) is 4.79 Å². The molecule has 1 aromatic rings. The number of carboxylic acids is 1. The second kappa shape index (κ2) is 2.98. The second-order valence-electron chi connectivity index (χ2n) is 1.68. The predicted octanol–water partition coefficient (Wildman–Crippen LogP) is 1.29. The van der Waals surface area contributed by atoms with Crippen molar-refractivity contribution in [1.29, 1.82) is 0 Å². The van der Waals surface area contributed by atoms with Crippen molar-refractivity contribution in [3.63, 3.8) is 0 Å². The van der Waals surface area contributed by atoms with Crippen LogP contribution in [-0.4, -0.2) is 20.7 Å². The molecule has 4 nitrogen and oxygen atoms in total. The summed E-state index contributed by atoms with van der Waals surface area (Å²) in [4.78, 5) is 10.3. The number of halogens is 1. The summed E-state index contributed by atoms with van der Waals surface area (Å²) < 4.78 is 3.71. The van der Waals surface area contributed by atoms with Gasteiger partial charge in [0.05, 0.1) is 5.57 Å². The van der Waals surface area contributed by atoms with Crippen LogP contribution in [0.15, 0.2) is 6.58 Å². The second-order valence-corrected chi connectivity index (χ2v) is 3.04. The molecule has 0 fully saturated rings. The van der Waals surface area contributed by atoms with E-state index in [0.717, 1.165) is 11.5 Å². The van der Waals surface area contributed by atoms with Gasteiger partial charge in [0.1, 0.15) is 10.0 Å². The van der Waals surface area contributed by atoms with E-state index in [4.69, 9.17) is 16.7 Å². The summed E-state index contributed by atoms with van der Waals surface area (Å²) in [6.45, 7) is 3.28. The van der Waals surface area contributed by atoms with E-state index in [1.54, 1.807) is 0 Å². The summed E-state index contributed by atoms with van der Waals surface area (Å²) in [5.41, 5.74) is 0.00733. The van der Waals surface area contributed by atoms with Gasteiger partial charge in [-0.15, -0.1) is 5.10 Å². The number of hydrogen-bond acceptors (Lipinski definition) is 4. The summed E-state index contributed by atoms with van der Waals surface area (Å²) in [5.74, 6) is -1.14. The van der Waals surface area contributed by atoms with Crippen molar-refractivity contribution >= 4 is 34.7 Å². The fourth-order valence-corrected chi connectivity index (χ4v) is 1.15. The SMILES string of the molecule is C=C(C(=O)O)c1nnsc1Cl. The van der Waals surface area contributed by atoms with E-state index in [9.17, 15) is 4.79 Å². The topological polar surface area (TPSA) is 63.1 Å². The first-order valence-corrected chi connectivity index (χ1v) is 3.68. The van der Waals surface area contributed by atoms with Gasteiger partial charge in [-0.1, -0.05) is 22.7 Å². The van der Waals surface area contributed by atoms with Crippen molar-refractivity contribution in [3.05, 3.63) is 16.6 Å². The minimum absolute atomic E-state index is 0.135. The molecular weight excluding hydrogens is 188 g/mol. The minimum atomic E-state index is -1.14. The Labute approximate surface area is 71.3 Å². The first-order valence-electron chi connectivity index (χ1n) is 2.53. The van der Waals surface area contributed by atoms with Gasteiger partial charge in [-0.2, -0.15) is 0 Å². The zero-order valence-corrected chi connectivity index (χ0v) is 6.82. The molecule has 1 rings (SSSR count). The van der Waals surface area contributed by atoms with Crippen molar-refractivity contribution in [1.82, 2.24) is 9.59 Å². The molecule has 1 heterocycles. The van der Waals surface area contributed by atoms with Gasteiger partial charge >= 0.3 is 5.97 Å². The largest absolute Gasteiger partial charge is 0.478 e. The van der Waals surface area contributed by atoms with Crippen molar-refractivity contribution in [2.24, 2.45) is 0 Å². The van der Waals surface area contributed by atoms with Crippen LogP contribution in [0.1, 0.15) is 5.69 Å². The van der Waals surface area contributed by atoms with Crippen LogP contribution < -0.4 is 0 Å². The Morgan fingerprint density at radius 1 is 1.73 bits per heavy atom. The van der Waals surface area contributed by atoms with E-state index < -0.39 is 5.97 Å². The molecule has 0 spiro atoms. The average Bonchev–Trinajstić information content (AvgIpc) is 2.33. The Balaban J connectivity index is 3.02. The van der Waals surface area contributed by atoms with E-state index in [1.165, 1.54) is 0 Å². The van der Waals surface area contributed by atoms with E-state index in [1.807, 2.05) is 0 Å². The van der Waals surface area contributed by atoms with Crippen LogP contribution >= 0.6 is 23.1 Å². The maximum atomic E-state index is 10.3. The van der Waals surface area contributed by atoms with E-state index in [0.29, 0.717) is 0 Å². The third-order valence-corrected chi connectivity index (χ3v) is 1.89. The molecule has 6 heteroatoms. The molecule has 58 valence electrons. The Hall–Kier alpha value is -0.940. The number of hydrogen-bond donors (Lipinski definition) is 1. The monoisotopic (exact) mass is 190 g/mol. The fourth-order valence-electron chi connectivity index (χ4n) is 0.460. The Morgan fingerprint density at radius 3 is 2.73 bits per heavy atom. The van der Waals surface area contributed by atoms with E-state index >= 15 is 0 Å². The standard InChI is InChI=1S/C5H3ClN2O2S/c1-2(5(9)10)3-4(6)11-8-7-3/h1H2,(H,9,10). The maximum Gasteiger partial charge on any atom is 0.337 e. The molecular formula is C5H3ClN2O2S. The van der Waals surface area contributed by atoms with Crippen LogP contribution in [0.2, 0.25) is 4.34 Å². The van der Waals surface area contributed by atoms with Gasteiger partial charge < -0.3 is 5.11 Å². The normalized spacial score (nSPS) is 9.55. The van der Waals surface area contributed by atoms with Gasteiger partial charge in [0.25, 0.3) is 0 Å². The highest BCUT2D eigenvalue weighted by atomic mass is 35.5. The van der Waals surface area contributed by atoms with Gasteiger partial charge in [-0.05, 0) is 0 Å². The molecule has 1 N–H and O–H groups in total. The number of nitrogens with zero attached hydrogens (tertiary/aromatic N) is 2. The molecule has 0 aliphatic rings. The molecule has 0 atom stereocenters. The molecule has 0 unspecified atom stereocenters. The molecule has 0 saturated carbocycles. The number of aromatic nitrogens is 2. The number of carbonyl (C=O) groups is 1. The first-order chi connectivity index (χ1) is 5.13. The molecule has 0 aliphatic carbocycles. The summed E-state index contributed by atoms with van der Waals surface area (Å²) >= 11 is 6.48. The van der Waals surface area contributed by atoms with Gasteiger partial charge in [0.15, 0.2) is 0 Å². The smallest absolute Gasteiger partial charge is 0.337 e. The summed E-state index contributed by atoms with van der Waals surface area (Å²) in [5, 5.41) is 12.0. The van der Waals surface area contributed by atoms with E-state index in [-0.39, 0.29) is 15.6 Å². The van der Waals surface area contributed by atoms with Crippen LogP contribution in [0.3, 0.4) is 0 Å². The molecule has 0 saturated heterocycles. The summed E-state index contributed by atoms with van der Waals surface area (Å²) in [7, 11) is 0. The third-order valence-electron chi connectivity index (χ3n) is 0.992. The van der Waals surface area contributed by atoms with Crippen LogP contribution in [0, 0.1) is 0 Å². The van der Waals surface area contributed by atoms with E-state index in [2.05, 4.69) is 16.2 Å². The highest BCUT2D eigenvalue weighted by molar-refractivity contribution is 7.10. The van der Waals surface area contributed by atoms with Crippen molar-refractivity contribution in [2.45, 2.75) is 0 Å². The lowest BCUT2D eigenvalue weighted by Crippen LogP contribution is -1.98. The average molecular weight is 191 g/mol. The molecule has 11 heavy (non-hydrogen) atoms. The van der Waals surface area contributed by atoms with Gasteiger partial charge in [-0.3, -0.25) is 0 Å². The van der Waals surface area contributed by atoms with Crippen molar-refractivity contribution < 1.29 is 9.90 Å². The molecule has 1 aromatic heterocycles. The quantitative estimate of drug-likeness (QED) is 0.714. The van der Waals surface area contributed by atoms with Crippen LogP contribution in [0.25, 0.3) is 5.57 Å². The first kappa shape index (κ1) is 8.16. The highest BCUT2D eigenvalue weighted by Gasteiger charge is 2.14. The molecule has 0 aliphatic heterocycles. The molecule has 0 bridgehead atoms. The zero-order valence-electron chi connectivity index (χ0n) is 5.24. The van der Waals surface area contributed by atoms with Gasteiger partial charge in [0.2, 0.25) is 0 Å². The Morgan fingerprint density at radius 2 is 2.36 bits per heavy atom.